The molecule has 0 saturated heterocycles. The fourth-order valence-electron chi connectivity index (χ4n) is 9.69. The first kappa shape index (κ1) is 70.6. The van der Waals surface area contributed by atoms with Crippen molar-refractivity contribution in [3.05, 3.63) is 36.5 Å². The fraction of sp³-hybridized carbons (Fsp3) is 0.866. The highest BCUT2D eigenvalue weighted by Gasteiger charge is 2.19. The number of esters is 3. The molecule has 0 amide bonds. The number of carbonyl (C=O) groups excluding carboxylic acids is 3. The third-order valence-corrected chi connectivity index (χ3v) is 14.6. The van der Waals surface area contributed by atoms with Crippen LogP contribution in [-0.2, 0) is 28.6 Å². The summed E-state index contributed by atoms with van der Waals surface area (Å²) in [5, 5.41) is 0. The lowest BCUT2D eigenvalue weighted by molar-refractivity contribution is -0.167. The van der Waals surface area contributed by atoms with Crippen LogP contribution >= 0.6 is 0 Å². The van der Waals surface area contributed by atoms with Crippen LogP contribution in [0.4, 0.5) is 0 Å². The topological polar surface area (TPSA) is 78.9 Å². The molecule has 0 aliphatic carbocycles. The van der Waals surface area contributed by atoms with Crippen molar-refractivity contribution in [2.75, 3.05) is 13.2 Å². The van der Waals surface area contributed by atoms with Gasteiger partial charge in [0.1, 0.15) is 13.2 Å². The third-order valence-electron chi connectivity index (χ3n) is 14.6. The van der Waals surface area contributed by atoms with Crippen molar-refractivity contribution in [1.29, 1.82) is 0 Å². The van der Waals surface area contributed by atoms with E-state index < -0.39 is 6.10 Å². The number of rotatable bonds is 60. The Morgan fingerprint density at radius 1 is 0.274 bits per heavy atom. The highest BCUT2D eigenvalue weighted by Crippen LogP contribution is 2.18. The van der Waals surface area contributed by atoms with Crippen LogP contribution in [0.5, 0.6) is 0 Å². The summed E-state index contributed by atoms with van der Waals surface area (Å²) < 4.78 is 16.8. The Balaban J connectivity index is 3.96. The van der Waals surface area contributed by atoms with Crippen LogP contribution in [0.3, 0.4) is 0 Å². The number of carbonyl (C=O) groups is 3. The Morgan fingerprint density at radius 2 is 0.507 bits per heavy atom. The van der Waals surface area contributed by atoms with Crippen LogP contribution in [0.1, 0.15) is 355 Å². The molecular weight excluding hydrogens is 901 g/mol. The molecule has 1 atom stereocenters. The summed E-state index contributed by atoms with van der Waals surface area (Å²) >= 11 is 0. The van der Waals surface area contributed by atoms with Gasteiger partial charge in [0, 0.05) is 19.3 Å². The summed E-state index contributed by atoms with van der Waals surface area (Å²) in [5.74, 6) is -0.874. The molecule has 0 bridgehead atoms. The first-order chi connectivity index (χ1) is 36.0. The second-order valence-electron chi connectivity index (χ2n) is 22.0. The Morgan fingerprint density at radius 3 is 0.808 bits per heavy atom. The molecule has 0 saturated carbocycles. The fourth-order valence-corrected chi connectivity index (χ4v) is 9.69. The molecule has 0 aromatic carbocycles. The van der Waals surface area contributed by atoms with Crippen LogP contribution in [0.2, 0.25) is 0 Å². The van der Waals surface area contributed by atoms with E-state index in [-0.39, 0.29) is 31.1 Å². The van der Waals surface area contributed by atoms with Gasteiger partial charge in [-0.05, 0) is 70.6 Å². The molecule has 0 rings (SSSR count). The van der Waals surface area contributed by atoms with Gasteiger partial charge in [-0.1, -0.05) is 301 Å². The molecule has 73 heavy (non-hydrogen) atoms. The Labute approximate surface area is 455 Å². The van der Waals surface area contributed by atoms with Crippen LogP contribution < -0.4 is 0 Å². The average molecular weight is 1030 g/mol. The summed E-state index contributed by atoms with van der Waals surface area (Å²) in [6.07, 6.45) is 76.3. The molecule has 0 fully saturated rings. The van der Waals surface area contributed by atoms with Gasteiger partial charge in [0.2, 0.25) is 0 Å². The Bertz CT molecular complexity index is 1220. The van der Waals surface area contributed by atoms with Crippen molar-refractivity contribution in [3.8, 4) is 0 Å². The predicted molar refractivity (Wildman–Crippen MR) is 316 cm³/mol. The zero-order valence-electron chi connectivity index (χ0n) is 49.2. The lowest BCUT2D eigenvalue weighted by atomic mass is 10.0. The maximum absolute atomic E-state index is 12.8. The van der Waals surface area contributed by atoms with Gasteiger partial charge in [-0.15, -0.1) is 0 Å². The summed E-state index contributed by atoms with van der Waals surface area (Å²) in [4.78, 5) is 38.0. The molecule has 0 N–H and O–H groups in total. The molecule has 0 aliphatic heterocycles. The van der Waals surface area contributed by atoms with E-state index >= 15 is 0 Å². The van der Waals surface area contributed by atoms with Gasteiger partial charge in [-0.3, -0.25) is 14.4 Å². The van der Waals surface area contributed by atoms with Crippen molar-refractivity contribution < 1.29 is 28.6 Å². The van der Waals surface area contributed by atoms with Crippen LogP contribution in [0.15, 0.2) is 36.5 Å². The summed E-state index contributed by atoms with van der Waals surface area (Å²) in [6.45, 7) is 6.60. The van der Waals surface area contributed by atoms with Crippen molar-refractivity contribution in [3.63, 3.8) is 0 Å². The Hall–Kier alpha value is -2.37. The molecule has 1 unspecified atom stereocenters. The standard InChI is InChI=1S/C67H124O6/c1-4-7-10-13-16-19-21-23-25-26-27-28-29-30-31-32-33-34-35-36-37-38-39-40-41-42-43-45-46-48-51-54-57-60-66(69)72-63-64(62-71-65(68)59-56-53-50-18-15-12-9-6-3)73-67(70)61-58-55-52-49-47-44-24-22-20-17-14-11-8-5-2/h14,17,22,24,26-27,64H,4-13,15-16,18-21,23,25,28-63H2,1-3H3/b17-14-,24-22-,27-26-. The SMILES string of the molecule is CCCC/C=C\C/C=C\CCCCCCCC(=O)OC(COC(=O)CCCCCCCCCC)COC(=O)CCCCCCCCCCCCCCCCCCCCCCC/C=C\CCCCCCCCCC. The monoisotopic (exact) mass is 1020 g/mol. The van der Waals surface area contributed by atoms with E-state index in [1.165, 1.54) is 231 Å². The minimum absolute atomic E-state index is 0.0734. The first-order valence-corrected chi connectivity index (χ1v) is 32.5. The highest BCUT2D eigenvalue weighted by molar-refractivity contribution is 5.71. The Kier molecular flexibility index (Phi) is 60.2. The number of allylic oxidation sites excluding steroid dienone is 6. The second-order valence-corrected chi connectivity index (χ2v) is 22.0. The zero-order valence-corrected chi connectivity index (χ0v) is 49.2. The highest BCUT2D eigenvalue weighted by atomic mass is 16.6. The predicted octanol–water partition coefficient (Wildman–Crippen LogP) is 22.0. The van der Waals surface area contributed by atoms with Crippen molar-refractivity contribution in [2.24, 2.45) is 0 Å². The van der Waals surface area contributed by atoms with Crippen LogP contribution in [-0.4, -0.2) is 37.2 Å². The number of unbranched alkanes of at least 4 members (excludes halogenated alkanes) is 43. The largest absolute Gasteiger partial charge is 0.462 e. The molecule has 0 heterocycles. The molecule has 0 aliphatic rings. The van der Waals surface area contributed by atoms with E-state index in [4.69, 9.17) is 14.2 Å². The number of hydrogen-bond donors (Lipinski definition) is 0. The lowest BCUT2D eigenvalue weighted by Gasteiger charge is -2.18. The quantitative estimate of drug-likeness (QED) is 0.0261. The van der Waals surface area contributed by atoms with Crippen molar-refractivity contribution in [2.45, 2.75) is 361 Å². The summed E-state index contributed by atoms with van der Waals surface area (Å²) in [6, 6.07) is 0. The van der Waals surface area contributed by atoms with E-state index in [0.717, 1.165) is 83.5 Å². The van der Waals surface area contributed by atoms with Gasteiger partial charge in [-0.25, -0.2) is 0 Å². The van der Waals surface area contributed by atoms with Gasteiger partial charge in [0.15, 0.2) is 6.10 Å². The molecule has 0 aromatic rings. The van der Waals surface area contributed by atoms with Crippen LogP contribution in [0, 0.1) is 0 Å². The van der Waals surface area contributed by atoms with Gasteiger partial charge < -0.3 is 14.2 Å². The maximum atomic E-state index is 12.8. The summed E-state index contributed by atoms with van der Waals surface area (Å²) in [7, 11) is 0. The van der Waals surface area contributed by atoms with E-state index in [0.29, 0.717) is 19.3 Å². The first-order valence-electron chi connectivity index (χ1n) is 32.5. The van der Waals surface area contributed by atoms with Gasteiger partial charge in [0.05, 0.1) is 0 Å². The smallest absolute Gasteiger partial charge is 0.306 e. The van der Waals surface area contributed by atoms with E-state index in [9.17, 15) is 14.4 Å². The van der Waals surface area contributed by atoms with Gasteiger partial charge >= 0.3 is 17.9 Å². The number of hydrogen-bond acceptors (Lipinski definition) is 6. The lowest BCUT2D eigenvalue weighted by Crippen LogP contribution is -2.30. The zero-order chi connectivity index (χ0) is 52.9. The minimum Gasteiger partial charge on any atom is -0.462 e. The van der Waals surface area contributed by atoms with E-state index in [1.807, 2.05) is 0 Å². The van der Waals surface area contributed by atoms with Gasteiger partial charge in [0.25, 0.3) is 0 Å². The molecule has 428 valence electrons. The third kappa shape index (κ3) is 60.4. The average Bonchev–Trinajstić information content (AvgIpc) is 3.39. The maximum Gasteiger partial charge on any atom is 0.306 e. The van der Waals surface area contributed by atoms with Gasteiger partial charge in [-0.2, -0.15) is 0 Å². The second kappa shape index (κ2) is 62.2. The normalized spacial score (nSPS) is 12.2. The molecule has 0 spiro atoms. The molecular formula is C67H124O6. The van der Waals surface area contributed by atoms with Crippen LogP contribution in [0.25, 0.3) is 0 Å². The minimum atomic E-state index is -0.774. The molecule has 6 heteroatoms. The van der Waals surface area contributed by atoms with Crippen molar-refractivity contribution in [1.82, 2.24) is 0 Å². The van der Waals surface area contributed by atoms with E-state index in [2.05, 4.69) is 57.2 Å². The van der Waals surface area contributed by atoms with E-state index in [1.54, 1.807) is 0 Å². The number of ether oxygens (including phenoxy) is 3. The molecule has 0 aromatic heterocycles. The molecule has 0 radical (unpaired) electrons. The summed E-state index contributed by atoms with van der Waals surface area (Å²) in [5.41, 5.74) is 0. The van der Waals surface area contributed by atoms with Crippen molar-refractivity contribution >= 4 is 17.9 Å². The molecule has 6 nitrogen and oxygen atoms in total.